The van der Waals surface area contributed by atoms with Crippen LogP contribution in [0.25, 0.3) is 0 Å². The maximum absolute atomic E-state index is 8.93. The van der Waals surface area contributed by atoms with Crippen LogP contribution < -0.4 is 10.1 Å². The van der Waals surface area contributed by atoms with Crippen LogP contribution in [0, 0.1) is 0 Å². The molecule has 1 aromatic rings. The molecule has 0 heterocycles. The van der Waals surface area contributed by atoms with Gasteiger partial charge in [-0.25, -0.2) is 0 Å². The van der Waals surface area contributed by atoms with Crippen molar-refractivity contribution in [1.29, 1.82) is 0 Å². The van der Waals surface area contributed by atoms with Crippen LogP contribution in [0.4, 0.5) is 5.69 Å². The maximum Gasteiger partial charge on any atom is 0.142 e. The number of methoxy groups -OCH3 is 1. The van der Waals surface area contributed by atoms with Crippen LogP contribution >= 0.6 is 0 Å². The summed E-state index contributed by atoms with van der Waals surface area (Å²) < 4.78 is 5.37. The number of nitrogens with one attached hydrogen (secondary N) is 1. The van der Waals surface area contributed by atoms with Crippen molar-refractivity contribution in [3.05, 3.63) is 36.4 Å². The average Bonchev–Trinajstić information content (AvgIpc) is 2.38. The highest BCUT2D eigenvalue weighted by molar-refractivity contribution is 5.58. The summed E-state index contributed by atoms with van der Waals surface area (Å²) in [5.74, 6) is 0.825. The molecule has 1 aromatic carbocycles. The predicted octanol–water partition coefficient (Wildman–Crippen LogP) is 3.00. The summed E-state index contributed by atoms with van der Waals surface area (Å²) in [6, 6.07) is 6.37. The Balaban J connectivity index is 2.72. The van der Waals surface area contributed by atoms with Crippen LogP contribution in [-0.2, 0) is 6.42 Å². The van der Waals surface area contributed by atoms with Gasteiger partial charge in [0, 0.05) is 12.6 Å². The molecule has 0 saturated heterocycles. The summed E-state index contributed by atoms with van der Waals surface area (Å²) in [5, 5.41) is 12.4. The van der Waals surface area contributed by atoms with Crippen molar-refractivity contribution in [2.75, 3.05) is 19.0 Å². The van der Waals surface area contributed by atoms with Gasteiger partial charge in [-0.05, 0) is 43.9 Å². The molecule has 0 aliphatic rings. The van der Waals surface area contributed by atoms with Gasteiger partial charge in [0.25, 0.3) is 0 Å². The van der Waals surface area contributed by atoms with Crippen molar-refractivity contribution in [3.8, 4) is 5.75 Å². The smallest absolute Gasteiger partial charge is 0.142 e. The van der Waals surface area contributed by atoms with Crippen LogP contribution in [-0.4, -0.2) is 24.9 Å². The number of rotatable bonds is 8. The summed E-state index contributed by atoms with van der Waals surface area (Å²) in [7, 11) is 1.66. The van der Waals surface area contributed by atoms with E-state index in [-0.39, 0.29) is 6.61 Å². The number of benzene rings is 1. The SMILES string of the molecule is C=CCCC(C)Nc1ccc(CCO)cc1OC. The number of aliphatic hydroxyl groups excluding tert-OH is 1. The van der Waals surface area contributed by atoms with Gasteiger partial charge in [0.15, 0.2) is 0 Å². The number of hydrogen-bond donors (Lipinski definition) is 2. The molecule has 0 radical (unpaired) electrons. The highest BCUT2D eigenvalue weighted by Gasteiger charge is 2.07. The van der Waals surface area contributed by atoms with Crippen LogP contribution in [0.3, 0.4) is 0 Å². The Hall–Kier alpha value is -1.48. The monoisotopic (exact) mass is 249 g/mol. The van der Waals surface area contributed by atoms with E-state index < -0.39 is 0 Å². The molecular formula is C15H23NO2. The van der Waals surface area contributed by atoms with E-state index in [1.807, 2.05) is 24.3 Å². The van der Waals surface area contributed by atoms with Gasteiger partial charge in [-0.3, -0.25) is 0 Å². The molecule has 100 valence electrons. The lowest BCUT2D eigenvalue weighted by molar-refractivity contribution is 0.299. The Morgan fingerprint density at radius 1 is 1.50 bits per heavy atom. The molecule has 1 atom stereocenters. The molecule has 3 nitrogen and oxygen atoms in total. The maximum atomic E-state index is 8.93. The molecule has 0 bridgehead atoms. The molecule has 18 heavy (non-hydrogen) atoms. The van der Waals surface area contributed by atoms with Crippen LogP contribution in [0.1, 0.15) is 25.3 Å². The molecule has 0 amide bonds. The van der Waals surface area contributed by atoms with Crippen LogP contribution in [0.5, 0.6) is 5.75 Å². The lowest BCUT2D eigenvalue weighted by Gasteiger charge is -2.17. The van der Waals surface area contributed by atoms with Gasteiger partial charge < -0.3 is 15.2 Å². The van der Waals surface area contributed by atoms with Crippen molar-refractivity contribution < 1.29 is 9.84 Å². The largest absolute Gasteiger partial charge is 0.495 e. The Bertz CT molecular complexity index is 377. The fraction of sp³-hybridized carbons (Fsp3) is 0.467. The Morgan fingerprint density at radius 3 is 2.89 bits per heavy atom. The second-order valence-corrected chi connectivity index (χ2v) is 4.42. The summed E-state index contributed by atoms with van der Waals surface area (Å²) in [6.45, 7) is 6.03. The number of ether oxygens (including phenoxy) is 1. The van der Waals surface area contributed by atoms with E-state index in [0.29, 0.717) is 12.5 Å². The fourth-order valence-corrected chi connectivity index (χ4v) is 1.84. The zero-order valence-electron chi connectivity index (χ0n) is 11.3. The highest BCUT2D eigenvalue weighted by atomic mass is 16.5. The van der Waals surface area contributed by atoms with Crippen molar-refractivity contribution in [2.24, 2.45) is 0 Å². The van der Waals surface area contributed by atoms with E-state index in [0.717, 1.165) is 29.8 Å². The van der Waals surface area contributed by atoms with Gasteiger partial charge in [-0.2, -0.15) is 0 Å². The van der Waals surface area contributed by atoms with Gasteiger partial charge >= 0.3 is 0 Å². The molecule has 3 heteroatoms. The van der Waals surface area contributed by atoms with E-state index in [1.54, 1.807) is 7.11 Å². The first-order valence-corrected chi connectivity index (χ1v) is 6.36. The van der Waals surface area contributed by atoms with Gasteiger partial charge in [-0.15, -0.1) is 6.58 Å². The van der Waals surface area contributed by atoms with Gasteiger partial charge in [0.05, 0.1) is 12.8 Å². The number of aliphatic hydroxyl groups is 1. The van der Waals surface area contributed by atoms with Crippen LogP contribution in [0.15, 0.2) is 30.9 Å². The molecule has 0 aliphatic carbocycles. The molecule has 0 aromatic heterocycles. The van der Waals surface area contributed by atoms with E-state index in [9.17, 15) is 0 Å². The topological polar surface area (TPSA) is 41.5 Å². The Morgan fingerprint density at radius 2 is 2.28 bits per heavy atom. The third-order valence-electron chi connectivity index (χ3n) is 2.87. The molecule has 0 spiro atoms. The molecule has 2 N–H and O–H groups in total. The summed E-state index contributed by atoms with van der Waals surface area (Å²) in [6.07, 6.45) is 4.63. The zero-order chi connectivity index (χ0) is 13.4. The normalized spacial score (nSPS) is 11.9. The van der Waals surface area contributed by atoms with Crippen molar-refractivity contribution in [2.45, 2.75) is 32.2 Å². The number of anilines is 1. The van der Waals surface area contributed by atoms with Crippen molar-refractivity contribution in [3.63, 3.8) is 0 Å². The number of allylic oxidation sites excluding steroid dienone is 1. The third kappa shape index (κ3) is 4.41. The number of hydrogen-bond acceptors (Lipinski definition) is 3. The van der Waals surface area contributed by atoms with Crippen molar-refractivity contribution in [1.82, 2.24) is 0 Å². The van der Waals surface area contributed by atoms with Crippen LogP contribution in [0.2, 0.25) is 0 Å². The summed E-state index contributed by atoms with van der Waals surface area (Å²) in [4.78, 5) is 0. The first-order chi connectivity index (χ1) is 8.71. The first kappa shape index (κ1) is 14.6. The fourth-order valence-electron chi connectivity index (χ4n) is 1.84. The minimum absolute atomic E-state index is 0.158. The minimum atomic E-state index is 0.158. The minimum Gasteiger partial charge on any atom is -0.495 e. The van der Waals surface area contributed by atoms with E-state index in [4.69, 9.17) is 9.84 Å². The molecule has 0 aliphatic heterocycles. The molecule has 0 saturated carbocycles. The lowest BCUT2D eigenvalue weighted by atomic mass is 10.1. The van der Waals surface area contributed by atoms with E-state index >= 15 is 0 Å². The standard InChI is InChI=1S/C15H23NO2/c1-4-5-6-12(2)16-14-8-7-13(9-10-17)11-15(14)18-3/h4,7-8,11-12,16-17H,1,5-6,9-10H2,2-3H3. The average molecular weight is 249 g/mol. The second kappa shape index (κ2) is 7.77. The van der Waals surface area contributed by atoms with E-state index in [2.05, 4.69) is 18.8 Å². The Kier molecular flexibility index (Phi) is 6.29. The predicted molar refractivity (Wildman–Crippen MR) is 76.3 cm³/mol. The van der Waals surface area contributed by atoms with E-state index in [1.165, 1.54) is 0 Å². The van der Waals surface area contributed by atoms with Gasteiger partial charge in [-0.1, -0.05) is 12.1 Å². The Labute approximate surface area is 109 Å². The molecule has 1 rings (SSSR count). The molecular weight excluding hydrogens is 226 g/mol. The third-order valence-corrected chi connectivity index (χ3v) is 2.87. The lowest BCUT2D eigenvalue weighted by Crippen LogP contribution is -2.15. The van der Waals surface area contributed by atoms with Gasteiger partial charge in [0.2, 0.25) is 0 Å². The van der Waals surface area contributed by atoms with Crippen molar-refractivity contribution >= 4 is 5.69 Å². The first-order valence-electron chi connectivity index (χ1n) is 6.36. The quantitative estimate of drug-likeness (QED) is 0.696. The second-order valence-electron chi connectivity index (χ2n) is 4.42. The molecule has 0 fully saturated rings. The molecule has 1 unspecified atom stereocenters. The van der Waals surface area contributed by atoms with Gasteiger partial charge in [0.1, 0.15) is 5.75 Å². The zero-order valence-corrected chi connectivity index (χ0v) is 11.3. The summed E-state index contributed by atoms with van der Waals surface area (Å²) in [5.41, 5.74) is 2.08. The summed E-state index contributed by atoms with van der Waals surface area (Å²) >= 11 is 0. The highest BCUT2D eigenvalue weighted by Crippen LogP contribution is 2.26.